The van der Waals surface area contributed by atoms with Gasteiger partial charge in [0.05, 0.1) is 5.56 Å². The lowest BCUT2D eigenvalue weighted by atomic mass is 9.99. The second-order valence-electron chi connectivity index (χ2n) is 4.16. The van der Waals surface area contributed by atoms with E-state index in [2.05, 4.69) is 15.9 Å². The van der Waals surface area contributed by atoms with Gasteiger partial charge in [-0.1, -0.05) is 22.0 Å². The number of aryl methyl sites for hydroxylation is 1. The van der Waals surface area contributed by atoms with Crippen LogP contribution in [0.5, 0.6) is 5.75 Å². The molecule has 0 radical (unpaired) electrons. The Morgan fingerprint density at radius 2 is 1.89 bits per heavy atom. The summed E-state index contributed by atoms with van der Waals surface area (Å²) in [7, 11) is 0. The molecule has 5 heteroatoms. The Kier molecular flexibility index (Phi) is 3.57. The first kappa shape index (κ1) is 13.5. The molecule has 98 valence electrons. The first-order valence-electron chi connectivity index (χ1n) is 5.54. The Balaban J connectivity index is 2.85. The second kappa shape index (κ2) is 5.01. The van der Waals surface area contributed by atoms with E-state index in [0.29, 0.717) is 22.1 Å². The van der Waals surface area contributed by atoms with Crippen molar-refractivity contribution < 1.29 is 19.4 Å². The van der Waals surface area contributed by atoms with Gasteiger partial charge in [-0.05, 0) is 30.7 Å². The number of carbonyl (C=O) groups is 2. The van der Waals surface area contributed by atoms with Crippen LogP contribution in [0.15, 0.2) is 28.7 Å². The Morgan fingerprint density at radius 1 is 1.21 bits per heavy atom. The molecule has 0 aromatic heterocycles. The molecule has 0 aliphatic heterocycles. The summed E-state index contributed by atoms with van der Waals surface area (Å²) in [5.74, 6) is -1.07. The maximum absolute atomic E-state index is 11.3. The van der Waals surface area contributed by atoms with Crippen molar-refractivity contribution in [2.45, 2.75) is 13.8 Å². The molecule has 0 saturated heterocycles. The number of carboxylic acid groups (broad SMARTS) is 1. The maximum Gasteiger partial charge on any atom is 0.336 e. The predicted octanol–water partition coefficient (Wildman–Crippen LogP) is 3.53. The molecule has 0 unspecified atom stereocenters. The van der Waals surface area contributed by atoms with Crippen molar-refractivity contribution in [1.82, 2.24) is 0 Å². The minimum absolute atomic E-state index is 0.221. The number of esters is 1. The highest BCUT2D eigenvalue weighted by atomic mass is 79.9. The molecule has 0 bridgehead atoms. The van der Waals surface area contributed by atoms with Gasteiger partial charge in [0.25, 0.3) is 0 Å². The molecule has 0 atom stereocenters. The summed E-state index contributed by atoms with van der Waals surface area (Å²) in [5, 5.41) is 10.4. The standard InChI is InChI=1S/C14H11BrO4/c1-7-5-12(19-8(2)16)11-6-9(15)3-4-10(11)13(7)14(17)18/h3-6H,1-2H3,(H,17,18). The molecule has 19 heavy (non-hydrogen) atoms. The smallest absolute Gasteiger partial charge is 0.336 e. The van der Waals surface area contributed by atoms with Crippen LogP contribution in [0.2, 0.25) is 0 Å². The van der Waals surface area contributed by atoms with Crippen LogP contribution in [-0.2, 0) is 4.79 Å². The largest absolute Gasteiger partial charge is 0.478 e. The van der Waals surface area contributed by atoms with E-state index in [1.807, 2.05) is 0 Å². The average Bonchev–Trinajstić information content (AvgIpc) is 2.28. The van der Waals surface area contributed by atoms with E-state index in [9.17, 15) is 14.7 Å². The number of carbonyl (C=O) groups excluding carboxylic acids is 1. The van der Waals surface area contributed by atoms with Gasteiger partial charge < -0.3 is 9.84 Å². The lowest BCUT2D eigenvalue weighted by molar-refractivity contribution is -0.131. The summed E-state index contributed by atoms with van der Waals surface area (Å²) in [6, 6.07) is 6.76. The molecule has 0 fully saturated rings. The number of ether oxygens (including phenoxy) is 1. The second-order valence-corrected chi connectivity index (χ2v) is 5.07. The number of hydrogen-bond acceptors (Lipinski definition) is 3. The number of benzene rings is 2. The Bertz CT molecular complexity index is 691. The first-order valence-corrected chi connectivity index (χ1v) is 6.34. The summed E-state index contributed by atoms with van der Waals surface area (Å²) in [6.45, 7) is 2.99. The molecule has 2 aromatic rings. The van der Waals surface area contributed by atoms with Crippen LogP contribution < -0.4 is 4.74 Å². The van der Waals surface area contributed by atoms with Crippen molar-refractivity contribution in [3.8, 4) is 5.75 Å². The minimum atomic E-state index is -1.00. The van der Waals surface area contributed by atoms with Crippen molar-refractivity contribution in [2.75, 3.05) is 0 Å². The first-order chi connectivity index (χ1) is 8.90. The fourth-order valence-corrected chi connectivity index (χ4v) is 2.38. The van der Waals surface area contributed by atoms with Crippen molar-refractivity contribution in [3.05, 3.63) is 39.9 Å². The van der Waals surface area contributed by atoms with Gasteiger partial charge in [0.2, 0.25) is 0 Å². The van der Waals surface area contributed by atoms with E-state index < -0.39 is 11.9 Å². The Morgan fingerprint density at radius 3 is 2.47 bits per heavy atom. The summed E-state index contributed by atoms with van der Waals surface area (Å²) in [4.78, 5) is 22.5. The van der Waals surface area contributed by atoms with Crippen LogP contribution in [0.1, 0.15) is 22.8 Å². The van der Waals surface area contributed by atoms with Crippen molar-refractivity contribution in [1.29, 1.82) is 0 Å². The summed E-state index contributed by atoms with van der Waals surface area (Å²) in [5.41, 5.74) is 0.775. The third-order valence-corrected chi connectivity index (χ3v) is 3.22. The number of carboxylic acids is 1. The quantitative estimate of drug-likeness (QED) is 0.678. The zero-order valence-electron chi connectivity index (χ0n) is 10.4. The van der Waals surface area contributed by atoms with E-state index in [0.717, 1.165) is 4.47 Å². The fraction of sp³-hybridized carbons (Fsp3) is 0.143. The van der Waals surface area contributed by atoms with E-state index >= 15 is 0 Å². The molecular weight excluding hydrogens is 312 g/mol. The van der Waals surface area contributed by atoms with Gasteiger partial charge in [-0.2, -0.15) is 0 Å². The molecule has 2 rings (SSSR count). The molecule has 0 heterocycles. The van der Waals surface area contributed by atoms with E-state index in [1.54, 1.807) is 31.2 Å². The molecule has 0 aliphatic rings. The Hall–Kier alpha value is -1.88. The summed E-state index contributed by atoms with van der Waals surface area (Å²) >= 11 is 3.33. The molecule has 2 aromatic carbocycles. The zero-order valence-corrected chi connectivity index (χ0v) is 11.9. The van der Waals surface area contributed by atoms with Gasteiger partial charge >= 0.3 is 11.9 Å². The lowest BCUT2D eigenvalue weighted by Gasteiger charge is -2.12. The number of fused-ring (bicyclic) bond motifs is 1. The van der Waals surface area contributed by atoms with Crippen LogP contribution in [0, 0.1) is 6.92 Å². The van der Waals surface area contributed by atoms with Crippen LogP contribution in [0.25, 0.3) is 10.8 Å². The SMILES string of the molecule is CC(=O)Oc1cc(C)c(C(=O)O)c2ccc(Br)cc12. The van der Waals surface area contributed by atoms with Crippen molar-refractivity contribution >= 4 is 38.6 Å². The Labute approximate surface area is 118 Å². The number of halogens is 1. The van der Waals surface area contributed by atoms with Gasteiger partial charge in [0, 0.05) is 22.2 Å². The van der Waals surface area contributed by atoms with Crippen LogP contribution in [0.4, 0.5) is 0 Å². The third kappa shape index (κ3) is 2.61. The monoisotopic (exact) mass is 322 g/mol. The third-order valence-electron chi connectivity index (χ3n) is 2.73. The van der Waals surface area contributed by atoms with Crippen LogP contribution >= 0.6 is 15.9 Å². The molecule has 0 aliphatic carbocycles. The molecule has 1 N–H and O–H groups in total. The number of hydrogen-bond donors (Lipinski definition) is 1. The summed E-state index contributed by atoms with van der Waals surface area (Å²) in [6.07, 6.45) is 0. The van der Waals surface area contributed by atoms with Gasteiger partial charge in [-0.15, -0.1) is 0 Å². The van der Waals surface area contributed by atoms with E-state index in [-0.39, 0.29) is 5.56 Å². The van der Waals surface area contributed by atoms with Crippen molar-refractivity contribution in [3.63, 3.8) is 0 Å². The van der Waals surface area contributed by atoms with Crippen LogP contribution in [-0.4, -0.2) is 17.0 Å². The molecule has 0 spiro atoms. The highest BCUT2D eigenvalue weighted by molar-refractivity contribution is 9.10. The van der Waals surface area contributed by atoms with Crippen LogP contribution in [0.3, 0.4) is 0 Å². The lowest BCUT2D eigenvalue weighted by Crippen LogP contribution is -2.06. The molecule has 4 nitrogen and oxygen atoms in total. The van der Waals surface area contributed by atoms with Gasteiger partial charge in [0.15, 0.2) is 0 Å². The topological polar surface area (TPSA) is 63.6 Å². The highest BCUT2D eigenvalue weighted by Gasteiger charge is 2.17. The number of aromatic carboxylic acids is 1. The van der Waals surface area contributed by atoms with Crippen molar-refractivity contribution in [2.24, 2.45) is 0 Å². The fourth-order valence-electron chi connectivity index (χ4n) is 2.02. The molecule has 0 saturated carbocycles. The van der Waals surface area contributed by atoms with Gasteiger partial charge in [-0.25, -0.2) is 4.79 Å². The molecule has 0 amide bonds. The summed E-state index contributed by atoms with van der Waals surface area (Å²) < 4.78 is 5.93. The van der Waals surface area contributed by atoms with Gasteiger partial charge in [-0.3, -0.25) is 4.79 Å². The van der Waals surface area contributed by atoms with E-state index in [4.69, 9.17) is 4.74 Å². The minimum Gasteiger partial charge on any atom is -0.478 e. The normalized spacial score (nSPS) is 10.5. The average molecular weight is 323 g/mol. The van der Waals surface area contributed by atoms with Gasteiger partial charge in [0.1, 0.15) is 5.75 Å². The molecular formula is C14H11BrO4. The maximum atomic E-state index is 11.3. The predicted molar refractivity (Wildman–Crippen MR) is 74.7 cm³/mol. The zero-order chi connectivity index (χ0) is 14.2. The van der Waals surface area contributed by atoms with E-state index in [1.165, 1.54) is 6.92 Å². The number of rotatable bonds is 2. The highest BCUT2D eigenvalue weighted by Crippen LogP contribution is 2.33.